The molecule has 1 aromatic heterocycles. The topological polar surface area (TPSA) is 84.2 Å². The Kier molecular flexibility index (Phi) is 5.26. The van der Waals surface area contributed by atoms with Crippen molar-refractivity contribution in [2.75, 3.05) is 16.8 Å². The summed E-state index contributed by atoms with van der Waals surface area (Å²) in [6.07, 6.45) is -1.78. The molecule has 0 bridgehead atoms. The molecule has 6 nitrogen and oxygen atoms in total. The number of aromatic nitrogens is 2. The van der Waals surface area contributed by atoms with Crippen LogP contribution in [-0.4, -0.2) is 44.4 Å². The van der Waals surface area contributed by atoms with Gasteiger partial charge < -0.3 is 10.4 Å². The van der Waals surface area contributed by atoms with Gasteiger partial charge >= 0.3 is 12.1 Å². The molecule has 0 saturated heterocycles. The van der Waals surface area contributed by atoms with E-state index in [0.29, 0.717) is 11.8 Å². The Morgan fingerprint density at radius 3 is 2.57 bits per heavy atom. The SMILES string of the molecule is CC(C)(C(=O)O)n1cc(NC(=O)CSCC(F)(F)F)cn1. The molecule has 0 radical (unpaired) electrons. The number of alkyl halides is 3. The molecule has 0 fully saturated rings. The fourth-order valence-electron chi connectivity index (χ4n) is 1.25. The van der Waals surface area contributed by atoms with Gasteiger partial charge in [-0.05, 0) is 13.8 Å². The monoisotopic (exact) mass is 325 g/mol. The number of aliphatic carboxylic acids is 1. The average Bonchev–Trinajstić information content (AvgIpc) is 2.75. The van der Waals surface area contributed by atoms with Crippen LogP contribution in [0.4, 0.5) is 18.9 Å². The number of carbonyl (C=O) groups is 2. The third-order valence-corrected chi connectivity index (χ3v) is 3.46. The average molecular weight is 325 g/mol. The summed E-state index contributed by atoms with van der Waals surface area (Å²) in [4.78, 5) is 22.5. The molecule has 0 unspecified atom stereocenters. The second kappa shape index (κ2) is 6.37. The van der Waals surface area contributed by atoms with E-state index in [4.69, 9.17) is 5.11 Å². The standard InChI is InChI=1S/C11H14F3N3O3S/c1-10(2,9(19)20)17-4-7(3-15-17)16-8(18)5-21-6-11(12,13)14/h3-4H,5-6H2,1-2H3,(H,16,18)(H,19,20). The Hall–Kier alpha value is -1.71. The van der Waals surface area contributed by atoms with Crippen molar-refractivity contribution in [2.24, 2.45) is 0 Å². The molecule has 0 saturated carbocycles. The van der Waals surface area contributed by atoms with Gasteiger partial charge in [-0.2, -0.15) is 18.3 Å². The maximum atomic E-state index is 11.9. The Morgan fingerprint density at radius 2 is 2.05 bits per heavy atom. The number of carboxylic acids is 1. The van der Waals surface area contributed by atoms with E-state index in [-0.39, 0.29) is 11.4 Å². The molecule has 0 atom stereocenters. The lowest BCUT2D eigenvalue weighted by Gasteiger charge is -2.19. The number of amides is 1. The molecule has 1 aromatic rings. The first-order valence-corrected chi connectivity index (χ1v) is 6.91. The molecule has 0 aromatic carbocycles. The number of carbonyl (C=O) groups excluding carboxylic acids is 1. The Bertz CT molecular complexity index is 528. The number of rotatable bonds is 6. The van der Waals surface area contributed by atoms with Crippen LogP contribution in [0.3, 0.4) is 0 Å². The van der Waals surface area contributed by atoms with Crippen LogP contribution in [0.15, 0.2) is 12.4 Å². The molecular weight excluding hydrogens is 311 g/mol. The molecule has 2 N–H and O–H groups in total. The van der Waals surface area contributed by atoms with Gasteiger partial charge in [-0.1, -0.05) is 0 Å². The van der Waals surface area contributed by atoms with Gasteiger partial charge in [0.25, 0.3) is 0 Å². The molecule has 0 aliphatic carbocycles. The molecule has 118 valence electrons. The van der Waals surface area contributed by atoms with Crippen molar-refractivity contribution in [1.82, 2.24) is 9.78 Å². The fourth-order valence-corrected chi connectivity index (χ4v) is 1.84. The number of nitrogens with one attached hydrogen (secondary N) is 1. The lowest BCUT2D eigenvalue weighted by atomic mass is 10.1. The zero-order valence-corrected chi connectivity index (χ0v) is 12.1. The van der Waals surface area contributed by atoms with Crippen molar-refractivity contribution in [3.63, 3.8) is 0 Å². The zero-order valence-electron chi connectivity index (χ0n) is 11.3. The molecule has 21 heavy (non-hydrogen) atoms. The highest BCUT2D eigenvalue weighted by Crippen LogP contribution is 2.21. The minimum absolute atomic E-state index is 0.224. The van der Waals surface area contributed by atoms with Crippen molar-refractivity contribution in [1.29, 1.82) is 0 Å². The summed E-state index contributed by atoms with van der Waals surface area (Å²) in [5, 5.41) is 15.2. The van der Waals surface area contributed by atoms with Crippen molar-refractivity contribution in [3.8, 4) is 0 Å². The van der Waals surface area contributed by atoms with Gasteiger partial charge in [0.05, 0.1) is 23.4 Å². The van der Waals surface area contributed by atoms with Gasteiger partial charge in [0.15, 0.2) is 5.54 Å². The minimum Gasteiger partial charge on any atom is -0.479 e. The van der Waals surface area contributed by atoms with Gasteiger partial charge in [0, 0.05) is 6.20 Å². The van der Waals surface area contributed by atoms with E-state index in [1.807, 2.05) is 0 Å². The van der Waals surface area contributed by atoms with Crippen molar-refractivity contribution in [2.45, 2.75) is 25.6 Å². The molecule has 0 spiro atoms. The Labute approximate surface area is 122 Å². The van der Waals surface area contributed by atoms with Crippen molar-refractivity contribution >= 4 is 29.3 Å². The highest BCUT2D eigenvalue weighted by atomic mass is 32.2. The van der Waals surface area contributed by atoms with Gasteiger partial charge in [-0.15, -0.1) is 11.8 Å². The van der Waals surface area contributed by atoms with E-state index in [1.165, 1.54) is 26.2 Å². The summed E-state index contributed by atoms with van der Waals surface area (Å²) in [5.74, 6) is -3.18. The minimum atomic E-state index is -4.32. The number of hydrogen-bond donors (Lipinski definition) is 2. The van der Waals surface area contributed by atoms with E-state index in [2.05, 4.69) is 10.4 Å². The predicted molar refractivity (Wildman–Crippen MR) is 71.2 cm³/mol. The van der Waals surface area contributed by atoms with E-state index in [9.17, 15) is 22.8 Å². The second-order valence-corrected chi connectivity index (χ2v) is 5.68. The maximum Gasteiger partial charge on any atom is 0.397 e. The largest absolute Gasteiger partial charge is 0.479 e. The molecule has 1 heterocycles. The Morgan fingerprint density at radius 1 is 1.43 bits per heavy atom. The predicted octanol–water partition coefficient (Wildman–Crippen LogP) is 1.94. The number of nitrogens with zero attached hydrogens (tertiary/aromatic N) is 2. The Balaban J connectivity index is 2.55. The zero-order chi connectivity index (χ0) is 16.3. The van der Waals surface area contributed by atoms with Crippen LogP contribution in [0.25, 0.3) is 0 Å². The summed E-state index contributed by atoms with van der Waals surface area (Å²) in [6.45, 7) is 2.85. The van der Waals surface area contributed by atoms with Crippen LogP contribution in [0, 0.1) is 0 Å². The van der Waals surface area contributed by atoms with Crippen LogP contribution in [0.1, 0.15) is 13.8 Å². The quantitative estimate of drug-likeness (QED) is 0.835. The first-order chi connectivity index (χ1) is 9.52. The van der Waals surface area contributed by atoms with Crippen molar-refractivity contribution < 1.29 is 27.9 Å². The van der Waals surface area contributed by atoms with Crippen LogP contribution < -0.4 is 5.32 Å². The van der Waals surface area contributed by atoms with E-state index < -0.39 is 29.3 Å². The van der Waals surface area contributed by atoms with Gasteiger partial charge in [0.1, 0.15) is 0 Å². The van der Waals surface area contributed by atoms with Gasteiger partial charge in [-0.3, -0.25) is 9.48 Å². The van der Waals surface area contributed by atoms with Crippen LogP contribution >= 0.6 is 11.8 Å². The summed E-state index contributed by atoms with van der Waals surface area (Å²) in [7, 11) is 0. The molecule has 10 heteroatoms. The van der Waals surface area contributed by atoms with E-state index in [0.717, 1.165) is 4.68 Å². The highest BCUT2D eigenvalue weighted by Gasteiger charge is 2.30. The highest BCUT2D eigenvalue weighted by molar-refractivity contribution is 8.00. The molecule has 0 aliphatic heterocycles. The molecule has 1 amide bonds. The van der Waals surface area contributed by atoms with Crippen LogP contribution in [0.2, 0.25) is 0 Å². The van der Waals surface area contributed by atoms with E-state index >= 15 is 0 Å². The third-order valence-electron chi connectivity index (χ3n) is 2.46. The number of carboxylic acid groups (broad SMARTS) is 1. The summed E-state index contributed by atoms with van der Waals surface area (Å²) in [6, 6.07) is 0. The molecular formula is C11H14F3N3O3S. The smallest absolute Gasteiger partial charge is 0.397 e. The van der Waals surface area contributed by atoms with Crippen molar-refractivity contribution in [3.05, 3.63) is 12.4 Å². The second-order valence-electron chi connectivity index (χ2n) is 4.69. The maximum absolute atomic E-state index is 11.9. The fraction of sp³-hybridized carbons (Fsp3) is 0.545. The van der Waals surface area contributed by atoms with Gasteiger partial charge in [-0.25, -0.2) is 4.79 Å². The normalized spacial score (nSPS) is 12.2. The van der Waals surface area contributed by atoms with Crippen LogP contribution in [0.5, 0.6) is 0 Å². The lowest BCUT2D eigenvalue weighted by molar-refractivity contribution is -0.146. The summed E-state index contributed by atoms with van der Waals surface area (Å²) in [5.41, 5.74) is -1.07. The first-order valence-electron chi connectivity index (χ1n) is 5.75. The molecule has 0 aliphatic rings. The molecule has 1 rings (SSSR count). The number of anilines is 1. The number of halogens is 3. The van der Waals surface area contributed by atoms with Crippen LogP contribution in [-0.2, 0) is 15.1 Å². The summed E-state index contributed by atoms with van der Waals surface area (Å²) >= 11 is 0.446. The number of hydrogen-bond acceptors (Lipinski definition) is 4. The lowest BCUT2D eigenvalue weighted by Crippen LogP contribution is -2.35. The number of thioether (sulfide) groups is 1. The first kappa shape index (κ1) is 17.3. The van der Waals surface area contributed by atoms with Gasteiger partial charge in [0.2, 0.25) is 5.91 Å². The summed E-state index contributed by atoms with van der Waals surface area (Å²) < 4.78 is 36.9. The third kappa shape index (κ3) is 5.29. The van der Waals surface area contributed by atoms with E-state index in [1.54, 1.807) is 0 Å².